The fraction of sp³-hybridized carbons (Fsp3) is 0.394. The molecule has 43 heavy (non-hydrogen) atoms. The molecule has 2 aliphatic heterocycles. The third-order valence-electron chi connectivity index (χ3n) is 8.15. The molecule has 0 aliphatic carbocycles. The number of piperidine rings is 1. The summed E-state index contributed by atoms with van der Waals surface area (Å²) in [5.74, 6) is 0.730. The molecule has 0 bridgehead atoms. The van der Waals surface area contributed by atoms with E-state index in [1.165, 1.54) is 11.0 Å². The highest BCUT2D eigenvalue weighted by Crippen LogP contribution is 2.44. The number of ether oxygens (including phenoxy) is 4. The van der Waals surface area contributed by atoms with Crippen LogP contribution < -0.4 is 24.3 Å². The minimum absolute atomic E-state index is 0.0733. The lowest BCUT2D eigenvalue weighted by Crippen LogP contribution is -2.57. The van der Waals surface area contributed by atoms with Gasteiger partial charge in [-0.2, -0.15) is 0 Å². The molecular formula is C33H37FN2O7. The number of carbonyl (C=O) groups excluding carboxylic acids is 1. The van der Waals surface area contributed by atoms with E-state index in [0.29, 0.717) is 36.0 Å². The van der Waals surface area contributed by atoms with E-state index in [1.54, 1.807) is 43.5 Å². The highest BCUT2D eigenvalue weighted by Gasteiger charge is 2.47. The van der Waals surface area contributed by atoms with Crippen LogP contribution in [0.15, 0.2) is 60.7 Å². The van der Waals surface area contributed by atoms with Crippen molar-refractivity contribution in [1.29, 1.82) is 0 Å². The number of halogens is 1. The van der Waals surface area contributed by atoms with E-state index < -0.39 is 29.3 Å². The largest absolute Gasteiger partial charge is 0.496 e. The van der Waals surface area contributed by atoms with Crippen LogP contribution in [-0.2, 0) is 6.54 Å². The Morgan fingerprint density at radius 2 is 1.84 bits per heavy atom. The maximum atomic E-state index is 15.0. The summed E-state index contributed by atoms with van der Waals surface area (Å²) in [6.45, 7) is 6.82. The van der Waals surface area contributed by atoms with E-state index >= 15 is 4.39 Å². The molecule has 0 radical (unpaired) electrons. The van der Waals surface area contributed by atoms with Crippen molar-refractivity contribution in [2.75, 3.05) is 27.1 Å². The number of nitrogens with one attached hydrogen (secondary N) is 1. The fourth-order valence-electron chi connectivity index (χ4n) is 6.25. The van der Waals surface area contributed by atoms with Gasteiger partial charge in [-0.1, -0.05) is 45.0 Å². The highest BCUT2D eigenvalue weighted by molar-refractivity contribution is 5.94. The van der Waals surface area contributed by atoms with Crippen molar-refractivity contribution in [3.63, 3.8) is 0 Å². The number of amides is 2. The number of hydrogen-bond donors (Lipinski definition) is 2. The predicted molar refractivity (Wildman–Crippen MR) is 157 cm³/mol. The Labute approximate surface area is 250 Å². The zero-order valence-corrected chi connectivity index (χ0v) is 24.8. The number of benzene rings is 3. The second kappa shape index (κ2) is 12.4. The van der Waals surface area contributed by atoms with Crippen LogP contribution in [0.2, 0.25) is 0 Å². The van der Waals surface area contributed by atoms with Crippen LogP contribution in [-0.4, -0.2) is 55.1 Å². The fourth-order valence-corrected chi connectivity index (χ4v) is 6.25. The molecule has 1 fully saturated rings. The number of hydrogen-bond acceptors (Lipinski definition) is 6. The molecule has 0 saturated carbocycles. The second-order valence-electron chi connectivity index (χ2n) is 11.9. The Morgan fingerprint density at radius 1 is 1.07 bits per heavy atom. The van der Waals surface area contributed by atoms with Gasteiger partial charge in [0.15, 0.2) is 11.5 Å². The monoisotopic (exact) mass is 592 g/mol. The van der Waals surface area contributed by atoms with Crippen molar-refractivity contribution in [3.05, 3.63) is 83.2 Å². The molecule has 3 aromatic rings. The van der Waals surface area contributed by atoms with Crippen LogP contribution in [0, 0.1) is 17.2 Å². The Bertz CT molecular complexity index is 1490. The topological polar surface area (TPSA) is 107 Å². The summed E-state index contributed by atoms with van der Waals surface area (Å²) >= 11 is 0. The second-order valence-corrected chi connectivity index (χ2v) is 11.9. The molecule has 228 valence electrons. The SMILES string of the molecule is COc1ccccc1CNC(=O)c1cc([C@@H]2CCN(C(=O)O)C(C(C)(C)C)[C@H]2COc2ccc3c(c2)OCO3)ccc1F. The minimum Gasteiger partial charge on any atom is -0.496 e. The average Bonchev–Trinajstić information content (AvgIpc) is 3.46. The van der Waals surface area contributed by atoms with Crippen LogP contribution in [0.4, 0.5) is 9.18 Å². The molecule has 2 aliphatic rings. The molecule has 3 aromatic carbocycles. The van der Waals surface area contributed by atoms with Crippen LogP contribution in [0.5, 0.6) is 23.0 Å². The maximum absolute atomic E-state index is 15.0. The van der Waals surface area contributed by atoms with E-state index in [-0.39, 0.29) is 37.3 Å². The van der Waals surface area contributed by atoms with Crippen molar-refractivity contribution in [2.24, 2.45) is 11.3 Å². The number of rotatable bonds is 8. The summed E-state index contributed by atoms with van der Waals surface area (Å²) in [5, 5.41) is 12.9. The number of para-hydroxylation sites is 1. The first-order valence-electron chi connectivity index (χ1n) is 14.3. The van der Waals surface area contributed by atoms with Gasteiger partial charge in [0.1, 0.15) is 17.3 Å². The van der Waals surface area contributed by atoms with E-state index in [4.69, 9.17) is 18.9 Å². The van der Waals surface area contributed by atoms with Gasteiger partial charge in [0.2, 0.25) is 6.79 Å². The standard InChI is InChI=1S/C33H37FN2O7/c1-33(2,3)30-25(18-41-22-10-12-28-29(16-22)43-19-42-28)23(13-14-36(30)32(38)39)20-9-11-26(34)24(15-20)31(37)35-17-21-7-5-6-8-27(21)40-4/h5-12,15-16,23,25,30H,13-14,17-19H2,1-4H3,(H,35,37)(H,38,39)/t23-,25-,30?/m0/s1. The van der Waals surface area contributed by atoms with Crippen molar-refractivity contribution >= 4 is 12.0 Å². The molecule has 10 heteroatoms. The number of nitrogens with zero attached hydrogens (tertiary/aromatic N) is 1. The Kier molecular flexibility index (Phi) is 8.66. The molecule has 2 N–H and O–H groups in total. The minimum atomic E-state index is -0.998. The molecule has 1 unspecified atom stereocenters. The molecular weight excluding hydrogens is 555 g/mol. The zero-order valence-electron chi connectivity index (χ0n) is 24.8. The Balaban J connectivity index is 1.43. The van der Waals surface area contributed by atoms with Crippen molar-refractivity contribution in [1.82, 2.24) is 10.2 Å². The predicted octanol–water partition coefficient (Wildman–Crippen LogP) is 6.07. The summed E-state index contributed by atoms with van der Waals surface area (Å²) in [6, 6.07) is 16.8. The van der Waals surface area contributed by atoms with Crippen LogP contribution in [0.3, 0.4) is 0 Å². The maximum Gasteiger partial charge on any atom is 0.407 e. The number of methoxy groups -OCH3 is 1. The molecule has 1 saturated heterocycles. The third kappa shape index (κ3) is 6.48. The molecule has 0 aromatic heterocycles. The first-order chi connectivity index (χ1) is 20.6. The van der Waals surface area contributed by atoms with Crippen LogP contribution in [0.25, 0.3) is 0 Å². The Hall–Kier alpha value is -4.47. The molecule has 9 nitrogen and oxygen atoms in total. The molecule has 5 rings (SSSR count). The van der Waals surface area contributed by atoms with Gasteiger partial charge in [-0.25, -0.2) is 9.18 Å². The van der Waals surface area contributed by atoms with Gasteiger partial charge >= 0.3 is 6.09 Å². The normalized spacial score (nSPS) is 19.6. The number of carbonyl (C=O) groups is 2. The number of carboxylic acid groups (broad SMARTS) is 1. The summed E-state index contributed by atoms with van der Waals surface area (Å²) in [6.07, 6.45) is -0.510. The smallest absolute Gasteiger partial charge is 0.407 e. The van der Waals surface area contributed by atoms with Gasteiger partial charge in [0.25, 0.3) is 5.91 Å². The first-order valence-corrected chi connectivity index (χ1v) is 14.3. The van der Waals surface area contributed by atoms with Gasteiger partial charge in [0.05, 0.1) is 19.3 Å². The summed E-state index contributed by atoms with van der Waals surface area (Å²) in [5.41, 5.74) is 1.01. The van der Waals surface area contributed by atoms with E-state index in [9.17, 15) is 14.7 Å². The molecule has 0 spiro atoms. The highest BCUT2D eigenvalue weighted by atomic mass is 19.1. The Morgan fingerprint density at radius 3 is 2.58 bits per heavy atom. The van der Waals surface area contributed by atoms with E-state index in [1.807, 2.05) is 39.0 Å². The van der Waals surface area contributed by atoms with Gasteiger partial charge in [-0.15, -0.1) is 0 Å². The van der Waals surface area contributed by atoms with Gasteiger partial charge < -0.3 is 34.3 Å². The van der Waals surface area contributed by atoms with Crippen molar-refractivity contribution in [3.8, 4) is 23.0 Å². The summed E-state index contributed by atoms with van der Waals surface area (Å²) < 4.78 is 37.6. The zero-order chi connectivity index (χ0) is 30.7. The molecule has 2 heterocycles. The quantitative estimate of drug-likeness (QED) is 0.327. The number of likely N-dealkylation sites (tertiary alicyclic amines) is 1. The van der Waals surface area contributed by atoms with Gasteiger partial charge in [-0.3, -0.25) is 4.79 Å². The van der Waals surface area contributed by atoms with E-state index in [0.717, 1.165) is 11.1 Å². The lowest BCUT2D eigenvalue weighted by Gasteiger charge is -2.50. The number of fused-ring (bicyclic) bond motifs is 1. The van der Waals surface area contributed by atoms with Gasteiger partial charge in [0, 0.05) is 36.7 Å². The summed E-state index contributed by atoms with van der Waals surface area (Å²) in [7, 11) is 1.55. The average molecular weight is 593 g/mol. The molecule has 3 atom stereocenters. The first kappa shape index (κ1) is 30.0. The van der Waals surface area contributed by atoms with Crippen molar-refractivity contribution < 1.29 is 38.0 Å². The van der Waals surface area contributed by atoms with Crippen molar-refractivity contribution in [2.45, 2.75) is 45.7 Å². The third-order valence-corrected chi connectivity index (χ3v) is 8.15. The molecule has 2 amide bonds. The van der Waals surface area contributed by atoms with E-state index in [2.05, 4.69) is 5.32 Å². The summed E-state index contributed by atoms with van der Waals surface area (Å²) in [4.78, 5) is 27.0. The lowest BCUT2D eigenvalue weighted by atomic mass is 9.68. The van der Waals surface area contributed by atoms with Crippen LogP contribution in [0.1, 0.15) is 54.6 Å². The lowest BCUT2D eigenvalue weighted by molar-refractivity contribution is -0.00444. The van der Waals surface area contributed by atoms with Crippen LogP contribution >= 0.6 is 0 Å². The van der Waals surface area contributed by atoms with Gasteiger partial charge in [-0.05, 0) is 53.6 Å².